The van der Waals surface area contributed by atoms with Crippen molar-refractivity contribution in [3.05, 3.63) is 82.2 Å². The van der Waals surface area contributed by atoms with Gasteiger partial charge in [-0.25, -0.2) is 14.4 Å². The molecule has 2 rings (SSSR count). The molecule has 2 amide bonds. The van der Waals surface area contributed by atoms with E-state index >= 15 is 0 Å². The summed E-state index contributed by atoms with van der Waals surface area (Å²) in [7, 11) is 4.90. The fraction of sp³-hybridized carbons (Fsp3) is 0.345. The zero-order valence-electron chi connectivity index (χ0n) is 24.4. The molecule has 0 saturated heterocycles. The molecular weight excluding hydrogens is 584 g/mol. The van der Waals surface area contributed by atoms with Gasteiger partial charge in [-0.2, -0.15) is 26.3 Å². The minimum absolute atomic E-state index is 0.0760. The van der Waals surface area contributed by atoms with Gasteiger partial charge in [0.25, 0.3) is 0 Å². The molecular formula is C29H31F6N3O5. The molecule has 2 aromatic carbocycles. The summed E-state index contributed by atoms with van der Waals surface area (Å²) >= 11 is 0. The Balaban J connectivity index is 2.92. The van der Waals surface area contributed by atoms with E-state index in [9.17, 15) is 40.7 Å². The van der Waals surface area contributed by atoms with Crippen LogP contribution in [-0.2, 0) is 31.4 Å². The van der Waals surface area contributed by atoms with Gasteiger partial charge in [-0.05, 0) is 34.8 Å². The first-order valence-corrected chi connectivity index (χ1v) is 12.5. The van der Waals surface area contributed by atoms with Crippen LogP contribution in [0, 0.1) is 5.41 Å². The fourth-order valence-corrected chi connectivity index (χ4v) is 4.15. The van der Waals surface area contributed by atoms with E-state index in [1.165, 1.54) is 19.0 Å². The van der Waals surface area contributed by atoms with E-state index in [0.29, 0.717) is 23.3 Å². The fourth-order valence-electron chi connectivity index (χ4n) is 4.15. The lowest BCUT2D eigenvalue weighted by atomic mass is 9.79. The molecule has 0 aliphatic heterocycles. The third-order valence-electron chi connectivity index (χ3n) is 5.85. The molecule has 8 nitrogen and oxygen atoms in total. The second-order valence-corrected chi connectivity index (χ2v) is 10.3. The van der Waals surface area contributed by atoms with Crippen molar-refractivity contribution >= 4 is 29.2 Å². The van der Waals surface area contributed by atoms with E-state index in [-0.39, 0.29) is 17.5 Å². The maximum atomic E-state index is 13.4. The second kappa shape index (κ2) is 13.2. The quantitative estimate of drug-likeness (QED) is 0.0927. The first kappa shape index (κ1) is 34.7. The molecule has 234 valence electrons. The van der Waals surface area contributed by atoms with Gasteiger partial charge in [0.1, 0.15) is 0 Å². The van der Waals surface area contributed by atoms with Crippen molar-refractivity contribution in [2.75, 3.05) is 33.6 Å². The van der Waals surface area contributed by atoms with E-state index in [0.717, 1.165) is 14.2 Å². The number of urea groups is 1. The maximum Gasteiger partial charge on any atom is 0.416 e. The van der Waals surface area contributed by atoms with Crippen LogP contribution >= 0.6 is 0 Å². The topological polar surface area (TPSA) is 97.0 Å². The van der Waals surface area contributed by atoms with Crippen molar-refractivity contribution < 1.29 is 50.2 Å². The number of carbonyl (C=O) groups excluding carboxylic acids is 3. The van der Waals surface area contributed by atoms with Crippen LogP contribution in [0.25, 0.3) is 5.57 Å². The van der Waals surface area contributed by atoms with E-state index in [1.54, 1.807) is 51.1 Å². The Morgan fingerprint density at radius 1 is 0.767 bits per heavy atom. The molecule has 0 bridgehead atoms. The Morgan fingerprint density at radius 2 is 1.23 bits per heavy atom. The molecule has 0 spiro atoms. The van der Waals surface area contributed by atoms with Crippen molar-refractivity contribution in [1.29, 1.82) is 0 Å². The third-order valence-corrected chi connectivity index (χ3v) is 5.85. The number of halogens is 6. The van der Waals surface area contributed by atoms with Crippen LogP contribution < -0.4 is 10.6 Å². The number of benzene rings is 2. The van der Waals surface area contributed by atoms with Gasteiger partial charge in [-0.1, -0.05) is 51.1 Å². The zero-order chi connectivity index (χ0) is 32.9. The van der Waals surface area contributed by atoms with Gasteiger partial charge in [-0.15, -0.1) is 0 Å². The summed E-state index contributed by atoms with van der Waals surface area (Å²) < 4.78 is 90.0. The minimum atomic E-state index is -5.15. The monoisotopic (exact) mass is 615 g/mol. The summed E-state index contributed by atoms with van der Waals surface area (Å²) in [4.78, 5) is 40.3. The largest absolute Gasteiger partial charge is 0.465 e. The third kappa shape index (κ3) is 8.75. The number of nitrogens with zero attached hydrogens (tertiary/aromatic N) is 1. The molecule has 0 radical (unpaired) electrons. The highest BCUT2D eigenvalue weighted by molar-refractivity contribution is 6.15. The zero-order valence-corrected chi connectivity index (χ0v) is 24.4. The van der Waals surface area contributed by atoms with E-state index < -0.39 is 58.1 Å². The number of allylic oxidation sites excluding steroid dienone is 1. The van der Waals surface area contributed by atoms with Gasteiger partial charge in [0.2, 0.25) is 0 Å². The average molecular weight is 616 g/mol. The van der Waals surface area contributed by atoms with Gasteiger partial charge in [0.05, 0.1) is 36.7 Å². The number of ether oxygens (including phenoxy) is 2. The number of rotatable bonds is 7. The Kier molecular flexibility index (Phi) is 10.7. The molecule has 0 unspecified atom stereocenters. The lowest BCUT2D eigenvalue weighted by Gasteiger charge is -2.31. The molecule has 0 saturated carbocycles. The summed E-state index contributed by atoms with van der Waals surface area (Å²) in [6.45, 7) is 5.25. The predicted octanol–water partition coefficient (Wildman–Crippen LogP) is 6.46. The molecule has 0 aliphatic carbocycles. The first-order chi connectivity index (χ1) is 19.7. The number of carbonyl (C=O) groups is 3. The summed E-state index contributed by atoms with van der Waals surface area (Å²) in [5, 5.41) is 4.48. The smallest absolute Gasteiger partial charge is 0.416 e. The van der Waals surface area contributed by atoms with Gasteiger partial charge >= 0.3 is 30.3 Å². The highest BCUT2D eigenvalue weighted by Crippen LogP contribution is 2.40. The Labute approximate surface area is 244 Å². The number of alkyl halides is 6. The second-order valence-electron chi connectivity index (χ2n) is 10.3. The van der Waals surface area contributed by atoms with E-state index in [2.05, 4.69) is 5.32 Å². The van der Waals surface area contributed by atoms with Crippen molar-refractivity contribution in [3.8, 4) is 0 Å². The van der Waals surface area contributed by atoms with Crippen LogP contribution in [0.4, 0.5) is 36.8 Å². The maximum absolute atomic E-state index is 13.4. The molecule has 0 aliphatic rings. The van der Waals surface area contributed by atoms with Crippen LogP contribution in [-0.4, -0.2) is 51.2 Å². The number of nitrogens with one attached hydrogen (secondary N) is 2. The summed E-state index contributed by atoms with van der Waals surface area (Å²) in [5.41, 5.74) is -5.09. The lowest BCUT2D eigenvalue weighted by Crippen LogP contribution is -2.36. The molecule has 0 aromatic heterocycles. The minimum Gasteiger partial charge on any atom is -0.465 e. The van der Waals surface area contributed by atoms with E-state index in [4.69, 9.17) is 9.47 Å². The molecule has 2 N–H and O–H groups in total. The average Bonchev–Trinajstić information content (AvgIpc) is 2.89. The normalized spacial score (nSPS) is 12.5. The number of amides is 2. The number of anilines is 1. The van der Waals surface area contributed by atoms with Crippen LogP contribution in [0.2, 0.25) is 0 Å². The highest BCUT2D eigenvalue weighted by Gasteiger charge is 2.38. The summed E-state index contributed by atoms with van der Waals surface area (Å²) in [5.74, 6) is -2.27. The Morgan fingerprint density at radius 3 is 1.60 bits per heavy atom. The Hall–Kier alpha value is -4.49. The van der Waals surface area contributed by atoms with Crippen molar-refractivity contribution in [3.63, 3.8) is 0 Å². The summed E-state index contributed by atoms with van der Waals surface area (Å²) in [6, 6.07) is 7.76. The highest BCUT2D eigenvalue weighted by atomic mass is 19.4. The standard InChI is InChI=1S/C29H31F6N3O5/c1-27(2,3)21(16-11-9-8-10-12-16)22(23(38(4)5)20(24(39)42-6)25(40)43-7)37-26(41)36-19-14-17(28(30,31)32)13-18(15-19)29(33,34)35/h8-15H,1-7H3,(H2,36,37,41)/b22-21+. The van der Waals surface area contributed by atoms with Gasteiger partial charge < -0.3 is 25.0 Å². The number of methoxy groups -OCH3 is 2. The first-order valence-electron chi connectivity index (χ1n) is 12.5. The summed E-state index contributed by atoms with van der Waals surface area (Å²) in [6.07, 6.45) is -10.3. The molecule has 43 heavy (non-hydrogen) atoms. The molecule has 2 aromatic rings. The number of hydrogen-bond donors (Lipinski definition) is 2. The molecule has 0 fully saturated rings. The van der Waals surface area contributed by atoms with Crippen molar-refractivity contribution in [2.45, 2.75) is 33.1 Å². The van der Waals surface area contributed by atoms with Crippen LogP contribution in [0.5, 0.6) is 0 Å². The van der Waals surface area contributed by atoms with Gasteiger partial charge in [0.15, 0.2) is 5.57 Å². The van der Waals surface area contributed by atoms with Gasteiger partial charge in [0, 0.05) is 19.8 Å². The number of hydrogen-bond acceptors (Lipinski definition) is 6. The molecule has 0 heterocycles. The van der Waals surface area contributed by atoms with Crippen molar-refractivity contribution in [2.24, 2.45) is 5.41 Å². The predicted molar refractivity (Wildman–Crippen MR) is 146 cm³/mol. The Bertz CT molecular complexity index is 1370. The van der Waals surface area contributed by atoms with Crippen LogP contribution in [0.15, 0.2) is 65.5 Å². The van der Waals surface area contributed by atoms with Crippen molar-refractivity contribution in [1.82, 2.24) is 10.2 Å². The number of likely N-dealkylation sites (N-methyl/N-ethyl adjacent to an activating group) is 1. The van der Waals surface area contributed by atoms with Crippen LogP contribution in [0.1, 0.15) is 37.5 Å². The van der Waals surface area contributed by atoms with Crippen LogP contribution in [0.3, 0.4) is 0 Å². The molecule has 14 heteroatoms. The van der Waals surface area contributed by atoms with Gasteiger partial charge in [-0.3, -0.25) is 0 Å². The van der Waals surface area contributed by atoms with E-state index in [1.807, 2.05) is 5.32 Å². The number of esters is 2. The lowest BCUT2D eigenvalue weighted by molar-refractivity contribution is -0.145. The SMILES string of the molecule is COC(=O)C(C(=O)OC)=C(/C(NC(=O)Nc1cc(C(F)(F)F)cc(C(F)(F)F)c1)=C(/c1ccccc1)C(C)(C)C)N(C)C. The molecule has 0 atom stereocenters.